The van der Waals surface area contributed by atoms with Crippen molar-refractivity contribution in [3.63, 3.8) is 0 Å². The second-order valence-electron chi connectivity index (χ2n) is 7.41. The van der Waals surface area contributed by atoms with Gasteiger partial charge in [0.1, 0.15) is 0 Å². The van der Waals surface area contributed by atoms with Gasteiger partial charge in [-0.15, -0.1) is 0 Å². The van der Waals surface area contributed by atoms with Crippen molar-refractivity contribution >= 4 is 38.4 Å². The number of aliphatic imine (C=N–C) groups is 1. The number of para-hydroxylation sites is 1. The molecule has 2 heterocycles. The Morgan fingerprint density at radius 2 is 1.93 bits per heavy atom. The molecule has 0 unspecified atom stereocenters. The largest absolute Gasteiger partial charge is 0.315 e. The van der Waals surface area contributed by atoms with E-state index in [0.717, 1.165) is 22.4 Å². The molecule has 0 bridgehead atoms. The lowest BCUT2D eigenvalue weighted by atomic mass is 10.1. The lowest BCUT2D eigenvalue weighted by molar-refractivity contribution is -0.117. The SMILES string of the molecule is Cc1cccc(CC(=O)N=C2S[C@@H]3CS(=O)(=O)C[C@@H]3N2c2ccccc2C)c1. The highest BCUT2D eigenvalue weighted by atomic mass is 32.2. The summed E-state index contributed by atoms with van der Waals surface area (Å²) in [6, 6.07) is 15.5. The maximum Gasteiger partial charge on any atom is 0.252 e. The third-order valence-corrected chi connectivity index (χ3v) is 8.31. The fraction of sp³-hybridized carbons (Fsp3) is 0.333. The van der Waals surface area contributed by atoms with Crippen LogP contribution >= 0.6 is 11.8 Å². The fourth-order valence-corrected chi connectivity index (χ4v) is 7.75. The molecular weight excluding hydrogens is 392 g/mol. The van der Waals surface area contributed by atoms with Crippen LogP contribution in [0.4, 0.5) is 5.69 Å². The van der Waals surface area contributed by atoms with E-state index in [0.29, 0.717) is 5.17 Å². The third kappa shape index (κ3) is 3.86. The molecule has 2 aromatic carbocycles. The van der Waals surface area contributed by atoms with Gasteiger partial charge in [-0.3, -0.25) is 4.79 Å². The molecule has 28 heavy (non-hydrogen) atoms. The predicted octanol–water partition coefficient (Wildman–Crippen LogP) is 3.15. The minimum atomic E-state index is -3.07. The summed E-state index contributed by atoms with van der Waals surface area (Å²) in [5, 5.41) is 0.520. The predicted molar refractivity (Wildman–Crippen MR) is 115 cm³/mol. The lowest BCUT2D eigenvalue weighted by Crippen LogP contribution is -2.38. The zero-order valence-corrected chi connectivity index (χ0v) is 17.5. The van der Waals surface area contributed by atoms with Gasteiger partial charge in [0.15, 0.2) is 15.0 Å². The van der Waals surface area contributed by atoms with Crippen LogP contribution in [0.15, 0.2) is 53.5 Å². The van der Waals surface area contributed by atoms with E-state index < -0.39 is 9.84 Å². The summed E-state index contributed by atoms with van der Waals surface area (Å²) in [6.07, 6.45) is 0.237. The molecule has 4 rings (SSSR count). The molecule has 0 N–H and O–H groups in total. The number of nitrogens with zero attached hydrogens (tertiary/aromatic N) is 2. The summed E-state index contributed by atoms with van der Waals surface area (Å²) in [4.78, 5) is 19.0. The summed E-state index contributed by atoms with van der Waals surface area (Å²) >= 11 is 1.41. The van der Waals surface area contributed by atoms with Crippen LogP contribution in [-0.4, -0.2) is 42.3 Å². The van der Waals surface area contributed by atoms with Gasteiger partial charge in [-0.2, -0.15) is 4.99 Å². The summed E-state index contributed by atoms with van der Waals surface area (Å²) in [5.41, 5.74) is 3.99. The first-order chi connectivity index (χ1) is 13.3. The third-order valence-electron chi connectivity index (χ3n) is 5.10. The first-order valence-corrected chi connectivity index (χ1v) is 11.9. The van der Waals surface area contributed by atoms with Crippen LogP contribution in [0.2, 0.25) is 0 Å². The van der Waals surface area contributed by atoms with E-state index in [9.17, 15) is 13.2 Å². The summed E-state index contributed by atoms with van der Waals surface area (Å²) < 4.78 is 24.3. The smallest absolute Gasteiger partial charge is 0.252 e. The average Bonchev–Trinajstić information content (AvgIpc) is 3.06. The Kier molecular flexibility index (Phi) is 5.05. The maximum absolute atomic E-state index is 12.6. The van der Waals surface area contributed by atoms with Crippen molar-refractivity contribution < 1.29 is 13.2 Å². The van der Waals surface area contributed by atoms with Crippen LogP contribution in [0.5, 0.6) is 0 Å². The second-order valence-corrected chi connectivity index (χ2v) is 10.8. The van der Waals surface area contributed by atoms with Crippen LogP contribution in [0, 0.1) is 13.8 Å². The van der Waals surface area contributed by atoms with Crippen molar-refractivity contribution in [3.8, 4) is 0 Å². The minimum absolute atomic E-state index is 0.0878. The summed E-state index contributed by atoms with van der Waals surface area (Å²) in [7, 11) is -3.07. The molecule has 0 aliphatic carbocycles. The monoisotopic (exact) mass is 414 g/mol. The molecule has 2 fully saturated rings. The normalized spacial score (nSPS) is 24.5. The number of anilines is 1. The molecule has 1 amide bonds. The highest BCUT2D eigenvalue weighted by Crippen LogP contribution is 2.41. The number of amides is 1. The van der Waals surface area contributed by atoms with Gasteiger partial charge >= 0.3 is 0 Å². The Morgan fingerprint density at radius 1 is 1.14 bits per heavy atom. The number of sulfone groups is 1. The Morgan fingerprint density at radius 3 is 2.68 bits per heavy atom. The molecule has 0 spiro atoms. The van der Waals surface area contributed by atoms with Gasteiger partial charge in [0.25, 0.3) is 5.91 Å². The topological polar surface area (TPSA) is 66.8 Å². The van der Waals surface area contributed by atoms with Gasteiger partial charge in [0, 0.05) is 10.9 Å². The zero-order valence-electron chi connectivity index (χ0n) is 15.8. The Labute approximate surface area is 169 Å². The van der Waals surface area contributed by atoms with Crippen LogP contribution in [0.1, 0.15) is 16.7 Å². The molecular formula is C21H22N2O3S2. The van der Waals surface area contributed by atoms with E-state index in [4.69, 9.17) is 0 Å². The van der Waals surface area contributed by atoms with E-state index >= 15 is 0 Å². The molecule has 0 aromatic heterocycles. The van der Waals surface area contributed by atoms with Gasteiger partial charge in [-0.1, -0.05) is 59.8 Å². The quantitative estimate of drug-likeness (QED) is 0.772. The van der Waals surface area contributed by atoms with Crippen molar-refractivity contribution in [2.75, 3.05) is 16.4 Å². The Bertz CT molecular complexity index is 1060. The maximum atomic E-state index is 12.6. The van der Waals surface area contributed by atoms with Crippen LogP contribution < -0.4 is 4.90 Å². The standard InChI is InChI=1S/C21H22N2O3S2/c1-14-6-5-8-16(10-14)11-20(24)22-21-23(17-9-4-3-7-15(17)2)18-12-28(25,26)13-19(18)27-21/h3-10,18-19H,11-13H2,1-2H3/t18-,19+/m0/s1. The summed E-state index contributed by atoms with van der Waals surface area (Å²) in [6.45, 7) is 3.98. The van der Waals surface area contributed by atoms with E-state index in [-0.39, 0.29) is 35.1 Å². The van der Waals surface area contributed by atoms with Crippen molar-refractivity contribution in [1.29, 1.82) is 0 Å². The number of aryl methyl sites for hydroxylation is 2. The van der Waals surface area contributed by atoms with Gasteiger partial charge < -0.3 is 4.90 Å². The first kappa shape index (κ1) is 19.2. The van der Waals surface area contributed by atoms with Crippen molar-refractivity contribution in [2.45, 2.75) is 31.6 Å². The number of carbonyl (C=O) groups excluding carboxylic acids is 1. The Balaban J connectivity index is 1.66. The van der Waals surface area contributed by atoms with E-state index in [1.54, 1.807) is 0 Å². The number of benzene rings is 2. The summed E-state index contributed by atoms with van der Waals surface area (Å²) in [5.74, 6) is 0.0226. The van der Waals surface area contributed by atoms with Gasteiger partial charge in [-0.25, -0.2) is 8.42 Å². The Hall–Kier alpha value is -2.12. The second kappa shape index (κ2) is 7.37. The molecule has 0 saturated carbocycles. The molecule has 146 valence electrons. The van der Waals surface area contributed by atoms with E-state index in [1.165, 1.54) is 11.8 Å². The van der Waals surface area contributed by atoms with Gasteiger partial charge in [0.05, 0.1) is 24.0 Å². The minimum Gasteiger partial charge on any atom is -0.315 e. The van der Waals surface area contributed by atoms with Gasteiger partial charge in [-0.05, 0) is 31.0 Å². The van der Waals surface area contributed by atoms with Crippen LogP contribution in [0.3, 0.4) is 0 Å². The fourth-order valence-electron chi connectivity index (χ4n) is 3.82. The average molecular weight is 415 g/mol. The zero-order chi connectivity index (χ0) is 19.9. The number of hydrogen-bond acceptors (Lipinski definition) is 4. The molecule has 0 radical (unpaired) electrons. The van der Waals surface area contributed by atoms with Crippen molar-refractivity contribution in [2.24, 2.45) is 4.99 Å². The number of carbonyl (C=O) groups is 1. The molecule has 5 nitrogen and oxygen atoms in total. The van der Waals surface area contributed by atoms with Crippen LogP contribution in [-0.2, 0) is 21.1 Å². The lowest BCUT2D eigenvalue weighted by Gasteiger charge is -2.26. The van der Waals surface area contributed by atoms with Crippen molar-refractivity contribution in [1.82, 2.24) is 0 Å². The van der Waals surface area contributed by atoms with Crippen molar-refractivity contribution in [3.05, 3.63) is 65.2 Å². The molecule has 7 heteroatoms. The van der Waals surface area contributed by atoms with Gasteiger partial charge in [0.2, 0.25) is 0 Å². The molecule has 2 aromatic rings. The first-order valence-electron chi connectivity index (χ1n) is 9.21. The molecule has 2 atom stereocenters. The highest BCUT2D eigenvalue weighted by molar-refractivity contribution is 8.16. The number of fused-ring (bicyclic) bond motifs is 1. The highest BCUT2D eigenvalue weighted by Gasteiger charge is 2.49. The number of thioether (sulfide) groups is 1. The molecule has 2 saturated heterocycles. The molecule has 2 aliphatic rings. The molecule has 2 aliphatic heterocycles. The van der Waals surface area contributed by atoms with E-state index in [2.05, 4.69) is 4.99 Å². The van der Waals surface area contributed by atoms with E-state index in [1.807, 2.05) is 67.3 Å². The number of hydrogen-bond donors (Lipinski definition) is 0. The van der Waals surface area contributed by atoms with Crippen LogP contribution in [0.25, 0.3) is 0 Å². The number of rotatable bonds is 3. The number of amidine groups is 1.